The van der Waals surface area contributed by atoms with E-state index >= 15 is 0 Å². The average molecular weight is 178 g/mol. The molecule has 0 bridgehead atoms. The minimum Gasteiger partial charge on any atom is -0.481 e. The molecule has 2 heterocycles. The summed E-state index contributed by atoms with van der Waals surface area (Å²) in [7, 11) is 0. The number of carboxylic acids is 1. The van der Waals surface area contributed by atoms with Crippen LogP contribution in [0, 0.1) is 0 Å². The fraction of sp³-hybridized carbons (Fsp3) is 0.125. The van der Waals surface area contributed by atoms with E-state index in [0.717, 1.165) is 0 Å². The molecule has 0 saturated heterocycles. The lowest BCUT2D eigenvalue weighted by Gasteiger charge is -1.93. The standard InChI is InChI=1S/C8H6N2O3/c11-7(12)2-5-1-6-8(9-3-5)13-4-10-6/h1,3-4H,2H2,(H,11,12). The summed E-state index contributed by atoms with van der Waals surface area (Å²) in [6.07, 6.45) is 2.71. The second kappa shape index (κ2) is 2.85. The molecule has 5 heteroatoms. The summed E-state index contributed by atoms with van der Waals surface area (Å²) in [6.45, 7) is 0. The van der Waals surface area contributed by atoms with Gasteiger partial charge in [0, 0.05) is 6.20 Å². The predicted molar refractivity (Wildman–Crippen MR) is 43.1 cm³/mol. The summed E-state index contributed by atoms with van der Waals surface area (Å²) in [6, 6.07) is 1.65. The molecule has 0 spiro atoms. The lowest BCUT2D eigenvalue weighted by atomic mass is 10.2. The average Bonchev–Trinajstić information content (AvgIpc) is 2.49. The molecule has 0 amide bonds. The van der Waals surface area contributed by atoms with Crippen LogP contribution in [0.3, 0.4) is 0 Å². The molecule has 0 unspecified atom stereocenters. The second-order valence-corrected chi connectivity index (χ2v) is 2.59. The van der Waals surface area contributed by atoms with Gasteiger partial charge in [-0.1, -0.05) is 0 Å². The third-order valence-corrected chi connectivity index (χ3v) is 1.60. The molecule has 0 aliphatic heterocycles. The molecule has 0 aliphatic carbocycles. The Hall–Kier alpha value is -1.91. The van der Waals surface area contributed by atoms with Crippen molar-refractivity contribution in [3.63, 3.8) is 0 Å². The van der Waals surface area contributed by atoms with Crippen molar-refractivity contribution in [3.05, 3.63) is 24.2 Å². The van der Waals surface area contributed by atoms with Crippen LogP contribution in [0.2, 0.25) is 0 Å². The van der Waals surface area contributed by atoms with Crippen LogP contribution in [0.25, 0.3) is 11.2 Å². The van der Waals surface area contributed by atoms with Crippen molar-refractivity contribution in [2.45, 2.75) is 6.42 Å². The summed E-state index contributed by atoms with van der Waals surface area (Å²) in [5.74, 6) is -0.885. The van der Waals surface area contributed by atoms with Gasteiger partial charge in [0.25, 0.3) is 0 Å². The van der Waals surface area contributed by atoms with Crippen LogP contribution in [-0.4, -0.2) is 21.0 Å². The SMILES string of the molecule is O=C(O)Cc1cnc2ocnc2c1. The van der Waals surface area contributed by atoms with Gasteiger partial charge in [-0.05, 0) is 11.6 Å². The number of hydrogen-bond acceptors (Lipinski definition) is 4. The maximum atomic E-state index is 10.4. The smallest absolute Gasteiger partial charge is 0.307 e. The third kappa shape index (κ3) is 1.48. The van der Waals surface area contributed by atoms with E-state index in [9.17, 15) is 4.79 Å². The number of aromatic nitrogens is 2. The first-order valence-electron chi connectivity index (χ1n) is 3.65. The van der Waals surface area contributed by atoms with Gasteiger partial charge in [0.2, 0.25) is 5.71 Å². The first kappa shape index (κ1) is 7.72. The maximum Gasteiger partial charge on any atom is 0.307 e. The van der Waals surface area contributed by atoms with E-state index in [2.05, 4.69) is 9.97 Å². The van der Waals surface area contributed by atoms with E-state index in [1.54, 1.807) is 6.07 Å². The molecule has 2 rings (SSSR count). The van der Waals surface area contributed by atoms with E-state index in [0.29, 0.717) is 16.8 Å². The van der Waals surface area contributed by atoms with Crippen molar-refractivity contribution < 1.29 is 14.3 Å². The van der Waals surface area contributed by atoms with Crippen molar-refractivity contribution in [1.82, 2.24) is 9.97 Å². The number of oxazole rings is 1. The van der Waals surface area contributed by atoms with E-state index in [1.807, 2.05) is 0 Å². The van der Waals surface area contributed by atoms with E-state index < -0.39 is 5.97 Å². The predicted octanol–water partition coefficient (Wildman–Crippen LogP) is 0.850. The van der Waals surface area contributed by atoms with Gasteiger partial charge in [-0.3, -0.25) is 4.79 Å². The molecule has 13 heavy (non-hydrogen) atoms. The van der Waals surface area contributed by atoms with Crippen molar-refractivity contribution in [3.8, 4) is 0 Å². The van der Waals surface area contributed by atoms with Gasteiger partial charge in [-0.2, -0.15) is 0 Å². The quantitative estimate of drug-likeness (QED) is 0.737. The molecule has 5 nitrogen and oxygen atoms in total. The van der Waals surface area contributed by atoms with Crippen LogP contribution in [0.4, 0.5) is 0 Å². The molecule has 66 valence electrons. The van der Waals surface area contributed by atoms with Gasteiger partial charge in [0.05, 0.1) is 6.42 Å². The number of carboxylic acid groups (broad SMARTS) is 1. The Morgan fingerprint density at radius 2 is 2.38 bits per heavy atom. The van der Waals surface area contributed by atoms with E-state index in [1.165, 1.54) is 12.6 Å². The lowest BCUT2D eigenvalue weighted by molar-refractivity contribution is -0.136. The largest absolute Gasteiger partial charge is 0.481 e. The highest BCUT2D eigenvalue weighted by Gasteiger charge is 2.04. The zero-order valence-corrected chi connectivity index (χ0v) is 6.60. The summed E-state index contributed by atoms with van der Waals surface area (Å²) in [4.78, 5) is 18.1. The first-order chi connectivity index (χ1) is 6.25. The molecule has 0 fully saturated rings. The minimum atomic E-state index is -0.885. The number of nitrogens with zero attached hydrogens (tertiary/aromatic N) is 2. The fourth-order valence-corrected chi connectivity index (χ4v) is 1.07. The van der Waals surface area contributed by atoms with Crippen molar-refractivity contribution >= 4 is 17.2 Å². The molecular weight excluding hydrogens is 172 g/mol. The molecule has 0 aromatic carbocycles. The molecule has 0 atom stereocenters. The van der Waals surface area contributed by atoms with Crippen LogP contribution in [-0.2, 0) is 11.2 Å². The highest BCUT2D eigenvalue weighted by atomic mass is 16.4. The summed E-state index contributed by atoms with van der Waals surface area (Å²) < 4.78 is 4.91. The number of rotatable bonds is 2. The Morgan fingerprint density at radius 3 is 3.15 bits per heavy atom. The Kier molecular flexibility index (Phi) is 1.70. The molecule has 0 saturated carbocycles. The second-order valence-electron chi connectivity index (χ2n) is 2.59. The molecular formula is C8H6N2O3. The highest BCUT2D eigenvalue weighted by Crippen LogP contribution is 2.10. The number of hydrogen-bond donors (Lipinski definition) is 1. The van der Waals surface area contributed by atoms with Gasteiger partial charge in [0.1, 0.15) is 5.52 Å². The number of carbonyl (C=O) groups is 1. The Bertz CT molecular complexity index is 449. The van der Waals surface area contributed by atoms with Crippen molar-refractivity contribution in [1.29, 1.82) is 0 Å². The maximum absolute atomic E-state index is 10.4. The van der Waals surface area contributed by atoms with Crippen molar-refractivity contribution in [2.75, 3.05) is 0 Å². The van der Waals surface area contributed by atoms with Crippen LogP contribution >= 0.6 is 0 Å². The van der Waals surface area contributed by atoms with E-state index in [-0.39, 0.29) is 6.42 Å². The van der Waals surface area contributed by atoms with Crippen molar-refractivity contribution in [2.24, 2.45) is 0 Å². The van der Waals surface area contributed by atoms with Crippen LogP contribution in [0.5, 0.6) is 0 Å². The van der Waals surface area contributed by atoms with Crippen LogP contribution in [0.15, 0.2) is 23.1 Å². The Morgan fingerprint density at radius 1 is 1.54 bits per heavy atom. The van der Waals surface area contributed by atoms with E-state index in [4.69, 9.17) is 9.52 Å². The molecule has 2 aromatic rings. The van der Waals surface area contributed by atoms with Crippen LogP contribution < -0.4 is 0 Å². The van der Waals surface area contributed by atoms with Gasteiger partial charge >= 0.3 is 5.97 Å². The molecule has 0 aliphatic rings. The number of pyridine rings is 1. The fourth-order valence-electron chi connectivity index (χ4n) is 1.07. The van der Waals surface area contributed by atoms with Crippen LogP contribution in [0.1, 0.15) is 5.56 Å². The molecule has 0 radical (unpaired) electrons. The third-order valence-electron chi connectivity index (χ3n) is 1.60. The molecule has 1 N–H and O–H groups in total. The number of aliphatic carboxylic acids is 1. The first-order valence-corrected chi connectivity index (χ1v) is 3.65. The number of fused-ring (bicyclic) bond motifs is 1. The van der Waals surface area contributed by atoms with Gasteiger partial charge in [0.15, 0.2) is 6.39 Å². The minimum absolute atomic E-state index is 0.0458. The summed E-state index contributed by atoms with van der Waals surface area (Å²) in [5.41, 5.74) is 1.63. The normalized spacial score (nSPS) is 10.5. The lowest BCUT2D eigenvalue weighted by Crippen LogP contribution is -2.00. The zero-order valence-electron chi connectivity index (χ0n) is 6.60. The monoisotopic (exact) mass is 178 g/mol. The summed E-state index contributed by atoms with van der Waals surface area (Å²) >= 11 is 0. The molecule has 2 aromatic heterocycles. The summed E-state index contributed by atoms with van der Waals surface area (Å²) in [5, 5.41) is 8.52. The Balaban J connectivity index is 2.42. The van der Waals surface area contributed by atoms with Gasteiger partial charge < -0.3 is 9.52 Å². The Labute approximate surface area is 73.0 Å². The van der Waals surface area contributed by atoms with Gasteiger partial charge in [-0.25, -0.2) is 9.97 Å². The zero-order chi connectivity index (χ0) is 9.26. The topological polar surface area (TPSA) is 76.2 Å². The van der Waals surface area contributed by atoms with Gasteiger partial charge in [-0.15, -0.1) is 0 Å². The highest BCUT2D eigenvalue weighted by molar-refractivity contribution is 5.73.